The summed E-state index contributed by atoms with van der Waals surface area (Å²) in [5, 5.41) is 17.5. The maximum absolute atomic E-state index is 10.9. The van der Waals surface area contributed by atoms with Crippen molar-refractivity contribution in [1.29, 1.82) is 0 Å². The lowest BCUT2D eigenvalue weighted by Gasteiger charge is -2.25. The Morgan fingerprint density at radius 1 is 1.73 bits per heavy atom. The maximum Gasteiger partial charge on any atom is 0.287 e. The number of amides is 1. The first-order valence-corrected chi connectivity index (χ1v) is 4.47. The fourth-order valence-corrected chi connectivity index (χ4v) is 1.64. The van der Waals surface area contributed by atoms with E-state index in [0.29, 0.717) is 6.08 Å². The first-order valence-electron chi connectivity index (χ1n) is 3.71. The van der Waals surface area contributed by atoms with E-state index in [1.165, 1.54) is 0 Å². The Kier molecular flexibility index (Phi) is 3.03. The van der Waals surface area contributed by atoms with Gasteiger partial charge < -0.3 is 10.8 Å². The number of carbonyl (C=O) groups is 1. The van der Waals surface area contributed by atoms with Gasteiger partial charge in [0, 0.05) is 6.08 Å². The first-order chi connectivity index (χ1) is 6.75. The number of rotatable bonds is 2. The number of allylic oxidation sites excluding steroid dienone is 1. The van der Waals surface area contributed by atoms with Gasteiger partial charge in [-0.05, 0) is 6.08 Å². The molecule has 0 heterocycles. The number of alkyl halides is 1. The number of nitrogens with zero attached hydrogens (tertiary/aromatic N) is 1. The Morgan fingerprint density at radius 2 is 2.27 bits per heavy atom. The van der Waals surface area contributed by atoms with Crippen molar-refractivity contribution in [3.05, 3.63) is 33.0 Å². The Hall–Kier alpha value is -1.11. The molecule has 15 heavy (non-hydrogen) atoms. The van der Waals surface area contributed by atoms with Crippen LogP contribution in [0.15, 0.2) is 22.9 Å². The summed E-state index contributed by atoms with van der Waals surface area (Å²) in [6, 6.07) is 0. The van der Waals surface area contributed by atoms with Crippen molar-refractivity contribution < 1.29 is 14.8 Å². The van der Waals surface area contributed by atoms with Crippen LogP contribution >= 0.6 is 23.2 Å². The van der Waals surface area contributed by atoms with Gasteiger partial charge in [-0.2, -0.15) is 0 Å². The van der Waals surface area contributed by atoms with Crippen LogP contribution in [0.2, 0.25) is 0 Å². The van der Waals surface area contributed by atoms with Gasteiger partial charge in [-0.3, -0.25) is 14.9 Å². The third kappa shape index (κ3) is 2.28. The van der Waals surface area contributed by atoms with Crippen molar-refractivity contribution in [3.8, 4) is 0 Å². The molecule has 6 nitrogen and oxygen atoms in total. The van der Waals surface area contributed by atoms with Gasteiger partial charge in [-0.15, -0.1) is 0 Å². The second-order valence-corrected chi connectivity index (χ2v) is 3.92. The molecule has 0 bridgehead atoms. The van der Waals surface area contributed by atoms with E-state index in [9.17, 15) is 20.0 Å². The summed E-state index contributed by atoms with van der Waals surface area (Å²) in [6.45, 7) is 0. The average Bonchev–Trinajstić information content (AvgIpc) is 2.07. The normalized spacial score (nSPS) is 30.5. The smallest absolute Gasteiger partial charge is 0.287 e. The highest BCUT2D eigenvalue weighted by Gasteiger charge is 2.42. The SMILES string of the molecule is NC(=O)C1C=C(Cl)C([N+](=O)[O-])=CC1(O)Cl. The second kappa shape index (κ2) is 3.80. The summed E-state index contributed by atoms with van der Waals surface area (Å²) in [5.41, 5.74) is 4.38. The zero-order chi connectivity index (χ0) is 11.8. The van der Waals surface area contributed by atoms with Gasteiger partial charge in [-0.1, -0.05) is 23.2 Å². The summed E-state index contributed by atoms with van der Waals surface area (Å²) in [7, 11) is 0. The monoisotopic (exact) mass is 252 g/mol. The second-order valence-electron chi connectivity index (χ2n) is 2.91. The molecule has 0 aromatic carbocycles. The van der Waals surface area contributed by atoms with E-state index in [-0.39, 0.29) is 5.03 Å². The Bertz CT molecular complexity index is 388. The maximum atomic E-state index is 10.9. The standard InChI is InChI=1S/C7H6Cl2N2O4/c8-4-1-3(6(10)12)7(9,13)2-5(4)11(14)15/h1-3,13H,(H2,10,12). The lowest BCUT2D eigenvalue weighted by molar-refractivity contribution is -0.420. The molecule has 0 fully saturated rings. The highest BCUT2D eigenvalue weighted by atomic mass is 35.5. The number of nitro groups is 1. The zero-order valence-corrected chi connectivity index (χ0v) is 8.70. The van der Waals surface area contributed by atoms with Crippen LogP contribution in [-0.4, -0.2) is 21.0 Å². The van der Waals surface area contributed by atoms with E-state index < -0.39 is 27.5 Å². The zero-order valence-electron chi connectivity index (χ0n) is 7.18. The van der Waals surface area contributed by atoms with Crippen molar-refractivity contribution in [3.63, 3.8) is 0 Å². The molecule has 0 radical (unpaired) electrons. The van der Waals surface area contributed by atoms with Gasteiger partial charge in [0.2, 0.25) is 5.91 Å². The van der Waals surface area contributed by atoms with Crippen molar-refractivity contribution in [2.75, 3.05) is 0 Å². The number of halogens is 2. The molecule has 1 aliphatic carbocycles. The lowest BCUT2D eigenvalue weighted by Crippen LogP contribution is -2.40. The molecule has 0 aliphatic heterocycles. The summed E-state index contributed by atoms with van der Waals surface area (Å²) in [6.07, 6.45) is 1.64. The summed E-state index contributed by atoms with van der Waals surface area (Å²) >= 11 is 11.0. The van der Waals surface area contributed by atoms with E-state index in [2.05, 4.69) is 0 Å². The molecular formula is C7H6Cl2N2O4. The Balaban J connectivity index is 3.19. The number of primary amides is 1. The molecule has 1 aliphatic rings. The molecule has 0 aromatic rings. The van der Waals surface area contributed by atoms with Crippen molar-refractivity contribution in [1.82, 2.24) is 0 Å². The van der Waals surface area contributed by atoms with Gasteiger partial charge in [0.1, 0.15) is 11.0 Å². The van der Waals surface area contributed by atoms with E-state index in [1.807, 2.05) is 0 Å². The van der Waals surface area contributed by atoms with Gasteiger partial charge in [0.25, 0.3) is 5.70 Å². The van der Waals surface area contributed by atoms with E-state index in [4.69, 9.17) is 28.9 Å². The summed E-state index contributed by atoms with van der Waals surface area (Å²) < 4.78 is 0. The van der Waals surface area contributed by atoms with Crippen molar-refractivity contribution in [2.45, 2.75) is 5.06 Å². The van der Waals surface area contributed by atoms with Crippen LogP contribution in [0.5, 0.6) is 0 Å². The summed E-state index contributed by atoms with van der Waals surface area (Å²) in [5.74, 6) is -2.22. The average molecular weight is 253 g/mol. The molecule has 0 saturated heterocycles. The van der Waals surface area contributed by atoms with Crippen LogP contribution < -0.4 is 5.73 Å². The lowest BCUT2D eigenvalue weighted by atomic mass is 9.95. The molecule has 2 unspecified atom stereocenters. The minimum absolute atomic E-state index is 0.283. The van der Waals surface area contributed by atoms with E-state index in [1.54, 1.807) is 0 Å². The van der Waals surface area contributed by atoms with Crippen LogP contribution in [0.25, 0.3) is 0 Å². The molecule has 0 saturated carbocycles. The van der Waals surface area contributed by atoms with Gasteiger partial charge in [0.15, 0.2) is 5.06 Å². The molecular weight excluding hydrogens is 247 g/mol. The van der Waals surface area contributed by atoms with Crippen molar-refractivity contribution >= 4 is 29.1 Å². The van der Waals surface area contributed by atoms with Crippen LogP contribution in [0.1, 0.15) is 0 Å². The predicted molar refractivity (Wildman–Crippen MR) is 52.5 cm³/mol. The number of carbonyl (C=O) groups excluding carboxylic acids is 1. The van der Waals surface area contributed by atoms with Crippen LogP contribution in [0, 0.1) is 16.0 Å². The topological polar surface area (TPSA) is 106 Å². The first kappa shape index (κ1) is 12.0. The minimum Gasteiger partial charge on any atom is -0.370 e. The minimum atomic E-state index is -2.22. The Labute approximate surface area is 94.1 Å². The van der Waals surface area contributed by atoms with E-state index in [0.717, 1.165) is 6.08 Å². The highest BCUT2D eigenvalue weighted by molar-refractivity contribution is 6.33. The largest absolute Gasteiger partial charge is 0.370 e. The quantitative estimate of drug-likeness (QED) is 0.419. The predicted octanol–water partition coefficient (Wildman–Crippen LogP) is 0.312. The van der Waals surface area contributed by atoms with E-state index >= 15 is 0 Å². The molecule has 1 amide bonds. The fraction of sp³-hybridized carbons (Fsp3) is 0.286. The van der Waals surface area contributed by atoms with Crippen LogP contribution in [0.4, 0.5) is 0 Å². The van der Waals surface area contributed by atoms with Gasteiger partial charge in [0.05, 0.1) is 4.92 Å². The molecule has 3 N–H and O–H groups in total. The number of aliphatic hydroxyl groups is 1. The fourth-order valence-electron chi connectivity index (χ4n) is 1.12. The van der Waals surface area contributed by atoms with Gasteiger partial charge in [-0.25, -0.2) is 0 Å². The number of hydrogen-bond donors (Lipinski definition) is 2. The third-order valence-electron chi connectivity index (χ3n) is 1.84. The molecule has 2 atom stereocenters. The Morgan fingerprint density at radius 3 is 2.67 bits per heavy atom. The molecule has 1 rings (SSSR count). The summed E-state index contributed by atoms with van der Waals surface area (Å²) in [4.78, 5) is 20.5. The molecule has 8 heteroatoms. The molecule has 0 aromatic heterocycles. The van der Waals surface area contributed by atoms with Gasteiger partial charge >= 0.3 is 0 Å². The number of nitrogens with two attached hydrogens (primary N) is 1. The van der Waals surface area contributed by atoms with Crippen LogP contribution in [0.3, 0.4) is 0 Å². The highest BCUT2D eigenvalue weighted by Crippen LogP contribution is 2.35. The third-order valence-corrected chi connectivity index (χ3v) is 2.50. The molecule has 0 spiro atoms. The van der Waals surface area contributed by atoms with Crippen molar-refractivity contribution in [2.24, 2.45) is 11.7 Å². The molecule has 82 valence electrons. The van der Waals surface area contributed by atoms with Crippen LogP contribution in [-0.2, 0) is 4.79 Å². The number of hydrogen-bond acceptors (Lipinski definition) is 4.